The van der Waals surface area contributed by atoms with Gasteiger partial charge in [-0.2, -0.15) is 0 Å². The van der Waals surface area contributed by atoms with Gasteiger partial charge in [-0.1, -0.05) is 17.7 Å². The second-order valence-electron chi connectivity index (χ2n) is 3.66. The molecule has 4 heteroatoms. The zero-order valence-corrected chi connectivity index (χ0v) is 9.97. The molecule has 3 nitrogen and oxygen atoms in total. The fourth-order valence-electron chi connectivity index (χ4n) is 1.41. The summed E-state index contributed by atoms with van der Waals surface area (Å²) >= 11 is 5.78. The number of hydrogen-bond donors (Lipinski definition) is 1. The van der Waals surface area contributed by atoms with Gasteiger partial charge in [-0.25, -0.2) is 0 Å². The highest BCUT2D eigenvalue weighted by molar-refractivity contribution is 6.30. The van der Waals surface area contributed by atoms with Crippen LogP contribution in [-0.4, -0.2) is 11.6 Å². The standard InChI is InChI=1S/C13H13ClN2O/c14-11-3-5-12(6-4-11)17-9-13(15)10-2-1-7-16-8-10/h1-8,13H,9,15H2. The Kier molecular flexibility index (Phi) is 3.96. The maximum absolute atomic E-state index is 5.98. The van der Waals surface area contributed by atoms with Crippen LogP contribution in [0.15, 0.2) is 48.8 Å². The van der Waals surface area contributed by atoms with Crippen LogP contribution in [0.25, 0.3) is 0 Å². The van der Waals surface area contributed by atoms with Crippen molar-refractivity contribution in [3.05, 3.63) is 59.4 Å². The van der Waals surface area contributed by atoms with E-state index in [0.717, 1.165) is 11.3 Å². The average Bonchev–Trinajstić information content (AvgIpc) is 2.39. The van der Waals surface area contributed by atoms with Crippen molar-refractivity contribution in [1.29, 1.82) is 0 Å². The molecular formula is C13H13ClN2O. The number of pyridine rings is 1. The molecule has 2 N–H and O–H groups in total. The Hall–Kier alpha value is -1.58. The lowest BCUT2D eigenvalue weighted by Gasteiger charge is -2.13. The molecule has 0 aliphatic carbocycles. The Bertz CT molecular complexity index is 459. The first-order valence-electron chi connectivity index (χ1n) is 5.29. The van der Waals surface area contributed by atoms with E-state index in [9.17, 15) is 0 Å². The maximum atomic E-state index is 5.98. The monoisotopic (exact) mass is 248 g/mol. The normalized spacial score (nSPS) is 12.1. The summed E-state index contributed by atoms with van der Waals surface area (Å²) in [6.07, 6.45) is 3.46. The molecule has 2 aromatic rings. The molecule has 0 amide bonds. The molecule has 17 heavy (non-hydrogen) atoms. The van der Waals surface area contributed by atoms with Gasteiger partial charge in [0, 0.05) is 17.4 Å². The molecule has 2 rings (SSSR count). The van der Waals surface area contributed by atoms with Crippen molar-refractivity contribution in [2.45, 2.75) is 6.04 Å². The van der Waals surface area contributed by atoms with Gasteiger partial charge >= 0.3 is 0 Å². The van der Waals surface area contributed by atoms with Crippen LogP contribution in [0.3, 0.4) is 0 Å². The van der Waals surface area contributed by atoms with Crippen LogP contribution in [0, 0.1) is 0 Å². The van der Waals surface area contributed by atoms with Gasteiger partial charge in [0.1, 0.15) is 12.4 Å². The van der Waals surface area contributed by atoms with E-state index in [1.807, 2.05) is 24.3 Å². The van der Waals surface area contributed by atoms with Crippen molar-refractivity contribution < 1.29 is 4.74 Å². The molecule has 0 bridgehead atoms. The van der Waals surface area contributed by atoms with Gasteiger partial charge in [0.25, 0.3) is 0 Å². The average molecular weight is 249 g/mol. The van der Waals surface area contributed by atoms with Crippen LogP contribution in [0.2, 0.25) is 5.02 Å². The van der Waals surface area contributed by atoms with Gasteiger partial charge < -0.3 is 10.5 Å². The first kappa shape index (κ1) is 11.9. The van der Waals surface area contributed by atoms with E-state index in [0.29, 0.717) is 11.6 Å². The lowest BCUT2D eigenvalue weighted by Crippen LogP contribution is -2.19. The lowest BCUT2D eigenvalue weighted by atomic mass is 10.1. The third kappa shape index (κ3) is 3.44. The summed E-state index contributed by atoms with van der Waals surface area (Å²) in [4.78, 5) is 4.02. The Balaban J connectivity index is 1.92. The molecule has 1 unspecified atom stereocenters. The number of nitrogens with zero attached hydrogens (tertiary/aromatic N) is 1. The second-order valence-corrected chi connectivity index (χ2v) is 4.09. The summed E-state index contributed by atoms with van der Waals surface area (Å²) < 4.78 is 5.57. The van der Waals surface area contributed by atoms with Gasteiger partial charge in [0.2, 0.25) is 0 Å². The van der Waals surface area contributed by atoms with Crippen molar-refractivity contribution in [3.8, 4) is 5.75 Å². The SMILES string of the molecule is NC(COc1ccc(Cl)cc1)c1cccnc1. The fourth-order valence-corrected chi connectivity index (χ4v) is 1.53. The first-order chi connectivity index (χ1) is 8.25. The topological polar surface area (TPSA) is 48.1 Å². The highest BCUT2D eigenvalue weighted by Gasteiger charge is 2.06. The largest absolute Gasteiger partial charge is 0.492 e. The minimum Gasteiger partial charge on any atom is -0.492 e. The van der Waals surface area contributed by atoms with Crippen LogP contribution < -0.4 is 10.5 Å². The molecule has 0 spiro atoms. The number of aromatic nitrogens is 1. The predicted octanol–water partition coefficient (Wildman–Crippen LogP) is 2.81. The third-order valence-corrected chi connectivity index (χ3v) is 2.61. The third-order valence-electron chi connectivity index (χ3n) is 2.36. The molecule has 0 aliphatic heterocycles. The molecule has 1 heterocycles. The molecule has 88 valence electrons. The molecule has 1 aromatic carbocycles. The Morgan fingerprint density at radius 1 is 1.24 bits per heavy atom. The van der Waals surface area contributed by atoms with Crippen LogP contribution in [-0.2, 0) is 0 Å². The molecule has 0 fully saturated rings. The zero-order chi connectivity index (χ0) is 12.1. The van der Waals surface area contributed by atoms with Crippen molar-refractivity contribution >= 4 is 11.6 Å². The van der Waals surface area contributed by atoms with E-state index < -0.39 is 0 Å². The summed E-state index contributed by atoms with van der Waals surface area (Å²) in [5, 5.41) is 0.689. The molecule has 0 radical (unpaired) electrons. The molecule has 1 aromatic heterocycles. The van der Waals surface area contributed by atoms with Gasteiger partial charge in [0.05, 0.1) is 6.04 Å². The second kappa shape index (κ2) is 5.66. The van der Waals surface area contributed by atoms with E-state index in [4.69, 9.17) is 22.1 Å². The van der Waals surface area contributed by atoms with Crippen LogP contribution in [0.1, 0.15) is 11.6 Å². The molecule has 0 saturated heterocycles. The summed E-state index contributed by atoms with van der Waals surface area (Å²) in [5.41, 5.74) is 6.94. The summed E-state index contributed by atoms with van der Waals surface area (Å²) in [6.45, 7) is 0.410. The molecular weight excluding hydrogens is 236 g/mol. The van der Waals surface area contributed by atoms with E-state index in [1.54, 1.807) is 24.5 Å². The molecule has 1 atom stereocenters. The quantitative estimate of drug-likeness (QED) is 0.905. The van der Waals surface area contributed by atoms with Crippen molar-refractivity contribution in [3.63, 3.8) is 0 Å². The minimum atomic E-state index is -0.181. The Morgan fingerprint density at radius 3 is 2.65 bits per heavy atom. The Labute approximate surface area is 105 Å². The highest BCUT2D eigenvalue weighted by atomic mass is 35.5. The van der Waals surface area contributed by atoms with E-state index >= 15 is 0 Å². The van der Waals surface area contributed by atoms with Crippen LogP contribution in [0.4, 0.5) is 0 Å². The van der Waals surface area contributed by atoms with Gasteiger partial charge in [-0.3, -0.25) is 4.98 Å². The lowest BCUT2D eigenvalue weighted by molar-refractivity contribution is 0.290. The number of ether oxygens (including phenoxy) is 1. The summed E-state index contributed by atoms with van der Waals surface area (Å²) in [6, 6.07) is 10.8. The smallest absolute Gasteiger partial charge is 0.119 e. The predicted molar refractivity (Wildman–Crippen MR) is 68.1 cm³/mol. The van der Waals surface area contributed by atoms with E-state index in [-0.39, 0.29) is 6.04 Å². The number of hydrogen-bond acceptors (Lipinski definition) is 3. The Morgan fingerprint density at radius 2 is 2.00 bits per heavy atom. The van der Waals surface area contributed by atoms with Gasteiger partial charge in [-0.05, 0) is 35.9 Å². The fraction of sp³-hybridized carbons (Fsp3) is 0.154. The van der Waals surface area contributed by atoms with E-state index in [1.165, 1.54) is 0 Å². The van der Waals surface area contributed by atoms with Crippen molar-refractivity contribution in [1.82, 2.24) is 4.98 Å². The minimum absolute atomic E-state index is 0.181. The van der Waals surface area contributed by atoms with Crippen LogP contribution >= 0.6 is 11.6 Å². The van der Waals surface area contributed by atoms with E-state index in [2.05, 4.69) is 4.98 Å². The molecule has 0 saturated carbocycles. The molecule has 0 aliphatic rings. The summed E-state index contributed by atoms with van der Waals surface area (Å²) in [5.74, 6) is 0.758. The number of halogens is 1. The first-order valence-corrected chi connectivity index (χ1v) is 5.67. The van der Waals surface area contributed by atoms with Crippen molar-refractivity contribution in [2.24, 2.45) is 5.73 Å². The van der Waals surface area contributed by atoms with Crippen molar-refractivity contribution in [2.75, 3.05) is 6.61 Å². The van der Waals surface area contributed by atoms with Gasteiger partial charge in [0.15, 0.2) is 0 Å². The zero-order valence-electron chi connectivity index (χ0n) is 9.21. The number of rotatable bonds is 4. The van der Waals surface area contributed by atoms with Crippen LogP contribution in [0.5, 0.6) is 5.75 Å². The van der Waals surface area contributed by atoms with Gasteiger partial charge in [-0.15, -0.1) is 0 Å². The number of nitrogens with two attached hydrogens (primary N) is 1. The maximum Gasteiger partial charge on any atom is 0.119 e. The summed E-state index contributed by atoms with van der Waals surface area (Å²) in [7, 11) is 0. The number of benzene rings is 1. The highest BCUT2D eigenvalue weighted by Crippen LogP contribution is 2.17.